The van der Waals surface area contributed by atoms with Crippen molar-refractivity contribution in [3.8, 4) is 0 Å². The molecule has 0 saturated heterocycles. The Kier molecular flexibility index (Phi) is 4.07. The number of methoxy groups -OCH3 is 1. The quantitative estimate of drug-likeness (QED) is 0.785. The SMILES string of the molecule is COC(C)(C)CNC(=O)c1ccc(N)c(F)c1. The van der Waals surface area contributed by atoms with Crippen molar-refractivity contribution in [1.82, 2.24) is 5.32 Å². The van der Waals surface area contributed by atoms with Crippen LogP contribution in [0.3, 0.4) is 0 Å². The molecule has 1 rings (SSSR count). The van der Waals surface area contributed by atoms with Gasteiger partial charge in [0.15, 0.2) is 0 Å². The van der Waals surface area contributed by atoms with Gasteiger partial charge in [-0.05, 0) is 32.0 Å². The predicted octanol–water partition coefficient (Wildman–Crippen LogP) is 1.56. The monoisotopic (exact) mass is 240 g/mol. The smallest absolute Gasteiger partial charge is 0.251 e. The minimum absolute atomic E-state index is 0.0266. The maximum Gasteiger partial charge on any atom is 0.251 e. The number of hydrogen-bond acceptors (Lipinski definition) is 3. The largest absolute Gasteiger partial charge is 0.396 e. The standard InChI is InChI=1S/C12H17FN2O2/c1-12(2,17-3)7-15-11(16)8-4-5-10(14)9(13)6-8/h4-6H,7,14H2,1-3H3,(H,15,16). The average Bonchev–Trinajstić information content (AvgIpc) is 2.30. The van der Waals surface area contributed by atoms with Crippen LogP contribution in [0, 0.1) is 5.82 Å². The van der Waals surface area contributed by atoms with E-state index in [4.69, 9.17) is 10.5 Å². The first kappa shape index (κ1) is 13.4. The van der Waals surface area contributed by atoms with Crippen LogP contribution in [0.5, 0.6) is 0 Å². The Morgan fingerprint density at radius 2 is 2.18 bits per heavy atom. The van der Waals surface area contributed by atoms with Gasteiger partial charge in [0.25, 0.3) is 5.91 Å². The van der Waals surface area contributed by atoms with Crippen molar-refractivity contribution < 1.29 is 13.9 Å². The van der Waals surface area contributed by atoms with Gasteiger partial charge in [0.2, 0.25) is 0 Å². The summed E-state index contributed by atoms with van der Waals surface area (Å²) in [6, 6.07) is 3.96. The van der Waals surface area contributed by atoms with E-state index in [1.54, 1.807) is 7.11 Å². The van der Waals surface area contributed by atoms with Crippen molar-refractivity contribution in [3.63, 3.8) is 0 Å². The molecular formula is C12H17FN2O2. The van der Waals surface area contributed by atoms with Crippen LogP contribution >= 0.6 is 0 Å². The molecule has 1 amide bonds. The zero-order chi connectivity index (χ0) is 13.1. The maximum absolute atomic E-state index is 13.2. The Morgan fingerprint density at radius 1 is 1.53 bits per heavy atom. The van der Waals surface area contributed by atoms with Crippen LogP contribution in [-0.2, 0) is 4.74 Å². The molecule has 5 heteroatoms. The average molecular weight is 240 g/mol. The van der Waals surface area contributed by atoms with Gasteiger partial charge in [0, 0.05) is 19.2 Å². The van der Waals surface area contributed by atoms with E-state index in [1.165, 1.54) is 12.1 Å². The highest BCUT2D eigenvalue weighted by Crippen LogP contribution is 2.12. The first-order valence-electron chi connectivity index (χ1n) is 5.24. The number of carbonyl (C=O) groups is 1. The third-order valence-electron chi connectivity index (χ3n) is 2.49. The van der Waals surface area contributed by atoms with Crippen molar-refractivity contribution in [3.05, 3.63) is 29.6 Å². The number of benzene rings is 1. The zero-order valence-electron chi connectivity index (χ0n) is 10.2. The van der Waals surface area contributed by atoms with Crippen LogP contribution in [0.25, 0.3) is 0 Å². The molecule has 0 aliphatic rings. The van der Waals surface area contributed by atoms with E-state index >= 15 is 0 Å². The molecule has 0 radical (unpaired) electrons. The molecule has 1 aromatic carbocycles. The van der Waals surface area contributed by atoms with Gasteiger partial charge in [-0.3, -0.25) is 4.79 Å². The fourth-order valence-electron chi connectivity index (χ4n) is 1.14. The van der Waals surface area contributed by atoms with Gasteiger partial charge in [0.05, 0.1) is 11.3 Å². The molecule has 1 aromatic rings. The molecule has 0 heterocycles. The van der Waals surface area contributed by atoms with E-state index in [1.807, 2.05) is 13.8 Å². The summed E-state index contributed by atoms with van der Waals surface area (Å²) in [6.45, 7) is 4.03. The lowest BCUT2D eigenvalue weighted by atomic mass is 10.1. The summed E-state index contributed by atoms with van der Waals surface area (Å²) in [5.74, 6) is -0.947. The van der Waals surface area contributed by atoms with E-state index in [-0.39, 0.29) is 17.2 Å². The van der Waals surface area contributed by atoms with Gasteiger partial charge in [-0.2, -0.15) is 0 Å². The highest BCUT2D eigenvalue weighted by atomic mass is 19.1. The first-order chi connectivity index (χ1) is 7.85. The molecule has 0 aliphatic carbocycles. The molecule has 3 N–H and O–H groups in total. The van der Waals surface area contributed by atoms with Crippen molar-refractivity contribution in [2.24, 2.45) is 0 Å². The lowest BCUT2D eigenvalue weighted by Gasteiger charge is -2.23. The number of halogens is 1. The van der Waals surface area contributed by atoms with Crippen LogP contribution in [0.4, 0.5) is 10.1 Å². The Hall–Kier alpha value is -1.62. The number of amides is 1. The molecule has 0 atom stereocenters. The van der Waals surface area contributed by atoms with Gasteiger partial charge in [-0.1, -0.05) is 0 Å². The number of carbonyl (C=O) groups excluding carboxylic acids is 1. The summed E-state index contributed by atoms with van der Waals surface area (Å²) in [4.78, 5) is 11.7. The van der Waals surface area contributed by atoms with Gasteiger partial charge in [-0.15, -0.1) is 0 Å². The minimum atomic E-state index is -0.594. The predicted molar refractivity (Wildman–Crippen MR) is 64.2 cm³/mol. The fraction of sp³-hybridized carbons (Fsp3) is 0.417. The highest BCUT2D eigenvalue weighted by Gasteiger charge is 2.18. The fourth-order valence-corrected chi connectivity index (χ4v) is 1.14. The van der Waals surface area contributed by atoms with Crippen LogP contribution < -0.4 is 11.1 Å². The lowest BCUT2D eigenvalue weighted by molar-refractivity contribution is 0.0229. The number of anilines is 1. The second-order valence-corrected chi connectivity index (χ2v) is 4.38. The molecule has 0 bridgehead atoms. The van der Waals surface area contributed by atoms with Crippen LogP contribution in [0.2, 0.25) is 0 Å². The third kappa shape index (κ3) is 3.71. The maximum atomic E-state index is 13.2. The molecule has 0 fully saturated rings. The van der Waals surface area contributed by atoms with Gasteiger partial charge in [-0.25, -0.2) is 4.39 Å². The van der Waals surface area contributed by atoms with E-state index in [9.17, 15) is 9.18 Å². The number of nitrogens with two attached hydrogens (primary N) is 1. The molecule has 0 saturated carbocycles. The van der Waals surface area contributed by atoms with E-state index in [0.29, 0.717) is 6.54 Å². The topological polar surface area (TPSA) is 64.3 Å². The molecule has 94 valence electrons. The summed E-state index contributed by atoms with van der Waals surface area (Å²) >= 11 is 0. The second kappa shape index (κ2) is 5.14. The number of hydrogen-bond donors (Lipinski definition) is 2. The normalized spacial score (nSPS) is 11.3. The van der Waals surface area contributed by atoms with E-state index in [0.717, 1.165) is 6.07 Å². The first-order valence-corrected chi connectivity index (χ1v) is 5.24. The molecule has 4 nitrogen and oxygen atoms in total. The van der Waals surface area contributed by atoms with Crippen molar-refractivity contribution in [2.75, 3.05) is 19.4 Å². The van der Waals surface area contributed by atoms with Crippen LogP contribution in [0.15, 0.2) is 18.2 Å². The van der Waals surface area contributed by atoms with Gasteiger partial charge >= 0.3 is 0 Å². The van der Waals surface area contributed by atoms with Crippen molar-refractivity contribution >= 4 is 11.6 Å². The summed E-state index contributed by atoms with van der Waals surface area (Å²) in [5.41, 5.74) is 5.14. The van der Waals surface area contributed by atoms with Crippen LogP contribution in [-0.4, -0.2) is 25.2 Å². The van der Waals surface area contributed by atoms with E-state index < -0.39 is 11.4 Å². The molecule has 0 spiro atoms. The Labute approximate surface area is 100.0 Å². The number of nitrogens with one attached hydrogen (secondary N) is 1. The van der Waals surface area contributed by atoms with Crippen LogP contribution in [0.1, 0.15) is 24.2 Å². The zero-order valence-corrected chi connectivity index (χ0v) is 10.2. The lowest BCUT2D eigenvalue weighted by Crippen LogP contribution is -2.39. The highest BCUT2D eigenvalue weighted by molar-refractivity contribution is 5.94. The Balaban J connectivity index is 2.68. The molecule has 0 unspecified atom stereocenters. The molecule has 17 heavy (non-hydrogen) atoms. The summed E-state index contributed by atoms with van der Waals surface area (Å²) < 4.78 is 18.3. The molecule has 0 aliphatic heterocycles. The minimum Gasteiger partial charge on any atom is -0.396 e. The Morgan fingerprint density at radius 3 is 2.71 bits per heavy atom. The summed E-state index contributed by atoms with van der Waals surface area (Å²) in [5, 5.41) is 2.67. The second-order valence-electron chi connectivity index (χ2n) is 4.38. The van der Waals surface area contributed by atoms with E-state index in [2.05, 4.69) is 5.32 Å². The number of nitrogen functional groups attached to an aromatic ring is 1. The van der Waals surface area contributed by atoms with Gasteiger partial charge < -0.3 is 15.8 Å². The van der Waals surface area contributed by atoms with Gasteiger partial charge in [0.1, 0.15) is 5.82 Å². The molecular weight excluding hydrogens is 223 g/mol. The summed E-state index contributed by atoms with van der Waals surface area (Å²) in [7, 11) is 1.56. The summed E-state index contributed by atoms with van der Waals surface area (Å²) in [6.07, 6.45) is 0. The number of ether oxygens (including phenoxy) is 1. The Bertz CT molecular complexity index is 419. The third-order valence-corrected chi connectivity index (χ3v) is 2.49. The van der Waals surface area contributed by atoms with Crippen molar-refractivity contribution in [1.29, 1.82) is 0 Å². The molecule has 0 aromatic heterocycles. The van der Waals surface area contributed by atoms with Crippen molar-refractivity contribution in [2.45, 2.75) is 19.4 Å². The number of rotatable bonds is 4.